The molecule has 5 rings (SSSR count). The van der Waals surface area contributed by atoms with E-state index in [0.717, 1.165) is 45.6 Å². The molecule has 1 unspecified atom stereocenters. The molecule has 3 heteroatoms. The van der Waals surface area contributed by atoms with Crippen molar-refractivity contribution < 1.29 is 13.9 Å². The van der Waals surface area contributed by atoms with Crippen LogP contribution >= 0.6 is 0 Å². The molecule has 1 aliphatic carbocycles. The molecule has 3 nitrogen and oxygen atoms in total. The number of Topliss-reactive ketones (excluding diaryl/α,β-unsaturated/α-hetero) is 1. The molecule has 1 aromatic heterocycles. The van der Waals surface area contributed by atoms with E-state index in [9.17, 15) is 4.79 Å². The fourth-order valence-electron chi connectivity index (χ4n) is 4.37. The summed E-state index contributed by atoms with van der Waals surface area (Å²) < 4.78 is 12.1. The molecule has 0 saturated carbocycles. The maximum Gasteiger partial charge on any atom is 0.163 e. The minimum absolute atomic E-state index is 0.0853. The number of carbonyl (C=O) groups is 1. The van der Waals surface area contributed by atoms with E-state index in [4.69, 9.17) is 9.15 Å². The Morgan fingerprint density at radius 3 is 2.65 bits per heavy atom. The van der Waals surface area contributed by atoms with Crippen molar-refractivity contribution in [3.63, 3.8) is 0 Å². The van der Waals surface area contributed by atoms with Gasteiger partial charge in [0.2, 0.25) is 0 Å². The van der Waals surface area contributed by atoms with Gasteiger partial charge in [-0.3, -0.25) is 4.79 Å². The lowest BCUT2D eigenvalue weighted by Crippen LogP contribution is -2.32. The third kappa shape index (κ3) is 2.23. The van der Waals surface area contributed by atoms with Crippen molar-refractivity contribution in [1.29, 1.82) is 0 Å². The van der Waals surface area contributed by atoms with Crippen LogP contribution in [0.5, 0.6) is 5.75 Å². The lowest BCUT2D eigenvalue weighted by atomic mass is 9.70. The Morgan fingerprint density at radius 2 is 1.85 bits per heavy atom. The van der Waals surface area contributed by atoms with Gasteiger partial charge in [0.25, 0.3) is 0 Å². The Hall–Kier alpha value is -2.81. The van der Waals surface area contributed by atoms with Crippen molar-refractivity contribution in [2.75, 3.05) is 0 Å². The number of ketones is 1. The van der Waals surface area contributed by atoms with Gasteiger partial charge in [-0.2, -0.15) is 0 Å². The fourth-order valence-corrected chi connectivity index (χ4v) is 4.37. The predicted molar refractivity (Wildman–Crippen MR) is 100 cm³/mol. The SMILES string of the molecule is CC1(C)CC(=O)C2=C(C1)Oc1ccc3ccccc3c1C2c1ccco1. The highest BCUT2D eigenvalue weighted by atomic mass is 16.5. The Labute approximate surface area is 152 Å². The molecule has 1 atom stereocenters. The maximum absolute atomic E-state index is 13.1. The van der Waals surface area contributed by atoms with Gasteiger partial charge >= 0.3 is 0 Å². The van der Waals surface area contributed by atoms with Crippen LogP contribution in [0.25, 0.3) is 10.8 Å². The van der Waals surface area contributed by atoms with Crippen LogP contribution in [0.3, 0.4) is 0 Å². The molecule has 2 aliphatic rings. The number of hydrogen-bond donors (Lipinski definition) is 0. The normalized spacial score (nSPS) is 21.3. The molecule has 0 fully saturated rings. The van der Waals surface area contributed by atoms with Crippen LogP contribution in [-0.4, -0.2) is 5.78 Å². The van der Waals surface area contributed by atoms with Gasteiger partial charge in [-0.15, -0.1) is 0 Å². The molecule has 0 spiro atoms. The summed E-state index contributed by atoms with van der Waals surface area (Å²) in [7, 11) is 0. The first-order valence-electron chi connectivity index (χ1n) is 9.03. The number of fused-ring (bicyclic) bond motifs is 3. The zero-order chi connectivity index (χ0) is 17.9. The van der Waals surface area contributed by atoms with Gasteiger partial charge in [-0.05, 0) is 34.4 Å². The Kier molecular flexibility index (Phi) is 3.17. The minimum Gasteiger partial charge on any atom is -0.468 e. The first-order chi connectivity index (χ1) is 12.5. The van der Waals surface area contributed by atoms with Crippen molar-refractivity contribution in [1.82, 2.24) is 0 Å². The summed E-state index contributed by atoms with van der Waals surface area (Å²) in [6, 6.07) is 16.2. The number of carbonyl (C=O) groups excluding carboxylic acids is 1. The largest absolute Gasteiger partial charge is 0.468 e. The molecule has 3 aromatic rings. The van der Waals surface area contributed by atoms with Gasteiger partial charge in [-0.25, -0.2) is 0 Å². The van der Waals surface area contributed by atoms with E-state index in [1.807, 2.05) is 30.3 Å². The van der Waals surface area contributed by atoms with E-state index in [2.05, 4.69) is 32.0 Å². The standard InChI is InChI=1S/C23H20O3/c1-23(2)12-16(24)21-19(13-23)26-18-10-9-14-6-3-4-7-15(14)20(18)22(21)17-8-5-11-25-17/h3-11,22H,12-13H2,1-2H3. The van der Waals surface area contributed by atoms with Crippen molar-refractivity contribution >= 4 is 16.6 Å². The fraction of sp³-hybridized carbons (Fsp3) is 0.261. The van der Waals surface area contributed by atoms with Crippen LogP contribution in [-0.2, 0) is 4.79 Å². The second-order valence-corrected chi connectivity index (χ2v) is 8.03. The molecular weight excluding hydrogens is 324 g/mol. The number of furan rings is 1. The summed E-state index contributed by atoms with van der Waals surface area (Å²) in [5.74, 6) is 2.38. The Bertz CT molecular complexity index is 1050. The molecule has 0 amide bonds. The molecular formula is C23H20O3. The summed E-state index contributed by atoms with van der Waals surface area (Å²) in [5, 5.41) is 2.25. The van der Waals surface area contributed by atoms with Crippen molar-refractivity contribution in [3.8, 4) is 5.75 Å². The van der Waals surface area contributed by atoms with Crippen LogP contribution in [0.1, 0.15) is 43.9 Å². The summed E-state index contributed by atoms with van der Waals surface area (Å²) >= 11 is 0. The Balaban J connectivity index is 1.82. The zero-order valence-corrected chi connectivity index (χ0v) is 14.9. The third-order valence-corrected chi connectivity index (χ3v) is 5.45. The molecule has 0 N–H and O–H groups in total. The van der Waals surface area contributed by atoms with Crippen LogP contribution in [0.15, 0.2) is 70.5 Å². The molecule has 130 valence electrons. The molecule has 0 radical (unpaired) electrons. The smallest absolute Gasteiger partial charge is 0.163 e. The highest BCUT2D eigenvalue weighted by molar-refractivity contribution is 6.02. The van der Waals surface area contributed by atoms with Crippen LogP contribution in [0.4, 0.5) is 0 Å². The van der Waals surface area contributed by atoms with E-state index in [1.165, 1.54) is 0 Å². The summed E-state index contributed by atoms with van der Waals surface area (Å²) in [4.78, 5) is 13.1. The van der Waals surface area contributed by atoms with E-state index in [-0.39, 0.29) is 17.1 Å². The monoisotopic (exact) mass is 344 g/mol. The van der Waals surface area contributed by atoms with Crippen LogP contribution in [0.2, 0.25) is 0 Å². The Morgan fingerprint density at radius 1 is 1.00 bits per heavy atom. The van der Waals surface area contributed by atoms with Gasteiger partial charge < -0.3 is 9.15 Å². The molecule has 2 heterocycles. The molecule has 0 saturated heterocycles. The van der Waals surface area contributed by atoms with E-state index in [1.54, 1.807) is 6.26 Å². The molecule has 26 heavy (non-hydrogen) atoms. The molecule has 1 aliphatic heterocycles. The van der Waals surface area contributed by atoms with E-state index < -0.39 is 0 Å². The quantitative estimate of drug-likeness (QED) is 0.577. The van der Waals surface area contributed by atoms with Gasteiger partial charge in [0.05, 0.1) is 12.2 Å². The maximum atomic E-state index is 13.1. The van der Waals surface area contributed by atoms with Crippen LogP contribution in [0, 0.1) is 5.41 Å². The average molecular weight is 344 g/mol. The first kappa shape index (κ1) is 15.4. The molecule has 2 aromatic carbocycles. The van der Waals surface area contributed by atoms with Crippen LogP contribution < -0.4 is 4.74 Å². The van der Waals surface area contributed by atoms with Crippen molar-refractivity contribution in [2.24, 2.45) is 5.41 Å². The lowest BCUT2D eigenvalue weighted by Gasteiger charge is -2.38. The predicted octanol–water partition coefficient (Wildman–Crippen LogP) is 5.60. The number of benzene rings is 2. The highest BCUT2D eigenvalue weighted by Gasteiger charge is 2.43. The van der Waals surface area contributed by atoms with Crippen molar-refractivity contribution in [3.05, 3.63) is 77.5 Å². The first-order valence-corrected chi connectivity index (χ1v) is 9.03. The topological polar surface area (TPSA) is 39.4 Å². The van der Waals surface area contributed by atoms with Gasteiger partial charge in [-0.1, -0.05) is 44.2 Å². The van der Waals surface area contributed by atoms with Gasteiger partial charge in [0.15, 0.2) is 5.78 Å². The minimum atomic E-state index is -0.210. The summed E-state index contributed by atoms with van der Waals surface area (Å²) in [6.45, 7) is 4.24. The third-order valence-electron chi connectivity index (χ3n) is 5.45. The number of ether oxygens (including phenoxy) is 1. The average Bonchev–Trinajstić information content (AvgIpc) is 3.13. The summed E-state index contributed by atoms with van der Waals surface area (Å²) in [5.41, 5.74) is 1.71. The number of rotatable bonds is 1. The van der Waals surface area contributed by atoms with Gasteiger partial charge in [0.1, 0.15) is 17.3 Å². The zero-order valence-electron chi connectivity index (χ0n) is 14.9. The van der Waals surface area contributed by atoms with E-state index in [0.29, 0.717) is 6.42 Å². The highest BCUT2D eigenvalue weighted by Crippen LogP contribution is 2.51. The number of hydrogen-bond acceptors (Lipinski definition) is 3. The van der Waals surface area contributed by atoms with Gasteiger partial charge in [0, 0.05) is 24.0 Å². The molecule has 0 bridgehead atoms. The summed E-state index contributed by atoms with van der Waals surface area (Å²) in [6.07, 6.45) is 2.97. The number of allylic oxidation sites excluding steroid dienone is 2. The lowest BCUT2D eigenvalue weighted by molar-refractivity contribution is -0.118. The van der Waals surface area contributed by atoms with E-state index >= 15 is 0 Å². The second-order valence-electron chi connectivity index (χ2n) is 8.03. The van der Waals surface area contributed by atoms with Crippen molar-refractivity contribution in [2.45, 2.75) is 32.6 Å². The second kappa shape index (κ2) is 5.34.